The SMILES string of the molecule is CC(C)(C)OC(=O)c1cccc(NS(=O)(=O)c2ccc3c(Cl)cnc(Cl)c3c2)c1.[CH2-]CCC.[Li+]. The number of sulfonamides is 1. The molecule has 178 valence electrons. The van der Waals surface area contributed by atoms with Gasteiger partial charge in [-0.1, -0.05) is 48.7 Å². The van der Waals surface area contributed by atoms with Gasteiger partial charge in [-0.3, -0.25) is 4.72 Å². The van der Waals surface area contributed by atoms with Crippen molar-refractivity contribution in [1.82, 2.24) is 4.98 Å². The van der Waals surface area contributed by atoms with Gasteiger partial charge in [0, 0.05) is 22.7 Å². The van der Waals surface area contributed by atoms with Crippen LogP contribution in [0, 0.1) is 6.92 Å². The third-order valence-corrected chi connectivity index (χ3v) is 6.16. The molecule has 0 aliphatic carbocycles. The number of fused-ring (bicyclic) bond motifs is 1. The Bertz CT molecular complexity index is 1240. The Hall–Kier alpha value is -1.75. The summed E-state index contributed by atoms with van der Waals surface area (Å²) in [6, 6.07) is 10.5. The van der Waals surface area contributed by atoms with Crippen molar-refractivity contribution in [3.05, 3.63) is 71.3 Å². The molecule has 0 aliphatic heterocycles. The van der Waals surface area contributed by atoms with Crippen molar-refractivity contribution in [2.24, 2.45) is 0 Å². The summed E-state index contributed by atoms with van der Waals surface area (Å²) < 4.78 is 33.4. The number of benzene rings is 2. The Morgan fingerprint density at radius 3 is 2.35 bits per heavy atom. The van der Waals surface area contributed by atoms with Gasteiger partial charge in [0.1, 0.15) is 10.8 Å². The number of halogens is 2. The fourth-order valence-electron chi connectivity index (χ4n) is 2.58. The zero-order valence-corrected chi connectivity index (χ0v) is 22.3. The van der Waals surface area contributed by atoms with E-state index in [9.17, 15) is 13.2 Å². The van der Waals surface area contributed by atoms with E-state index in [1.54, 1.807) is 39.0 Å². The summed E-state index contributed by atoms with van der Waals surface area (Å²) in [5.74, 6) is -0.545. The van der Waals surface area contributed by atoms with Crippen molar-refractivity contribution in [3.8, 4) is 0 Å². The third-order valence-electron chi connectivity index (χ3n) is 4.18. The number of nitrogens with zero attached hydrogens (tertiary/aromatic N) is 1. The Kier molecular flexibility index (Phi) is 11.4. The maximum Gasteiger partial charge on any atom is 1.00 e. The minimum Gasteiger partial charge on any atom is -0.456 e. The van der Waals surface area contributed by atoms with Crippen LogP contribution in [0.2, 0.25) is 10.2 Å². The number of esters is 1. The molecule has 1 N–H and O–H groups in total. The van der Waals surface area contributed by atoms with Crippen LogP contribution < -0.4 is 23.6 Å². The van der Waals surface area contributed by atoms with Crippen LogP contribution in [0.4, 0.5) is 5.69 Å². The molecule has 1 aromatic heterocycles. The number of anilines is 1. The smallest absolute Gasteiger partial charge is 0.456 e. The van der Waals surface area contributed by atoms with E-state index in [-0.39, 0.29) is 40.2 Å². The first-order chi connectivity index (χ1) is 15.4. The standard InChI is InChI=1S/C20H18Cl2N2O4S.C4H9.Li/c1-20(2,3)28-19(25)12-5-4-6-13(9-12)24-29(26,27)14-7-8-15-16(10-14)18(22)23-11-17(15)21;1-3-4-2;/h4-11,24H,1-3H3;1,3-4H2,2H3;/q;-1;+1. The Morgan fingerprint density at radius 2 is 1.76 bits per heavy atom. The van der Waals surface area contributed by atoms with Crippen LogP contribution in [-0.2, 0) is 14.8 Å². The van der Waals surface area contributed by atoms with Crippen molar-refractivity contribution in [3.63, 3.8) is 0 Å². The van der Waals surface area contributed by atoms with E-state index >= 15 is 0 Å². The number of rotatable bonds is 5. The molecule has 0 amide bonds. The molecule has 0 radical (unpaired) electrons. The maximum atomic E-state index is 12.8. The van der Waals surface area contributed by atoms with Gasteiger partial charge in [0.15, 0.2) is 0 Å². The molecule has 6 nitrogen and oxygen atoms in total. The largest absolute Gasteiger partial charge is 1.00 e. The Labute approximate surface area is 223 Å². The average Bonchev–Trinajstić information content (AvgIpc) is 2.75. The monoisotopic (exact) mass is 516 g/mol. The summed E-state index contributed by atoms with van der Waals surface area (Å²) in [4.78, 5) is 16.2. The van der Waals surface area contributed by atoms with E-state index in [1.807, 2.05) is 0 Å². The van der Waals surface area contributed by atoms with Crippen molar-refractivity contribution < 1.29 is 36.8 Å². The predicted octanol–water partition coefficient (Wildman–Crippen LogP) is 3.92. The molecule has 0 fully saturated rings. The van der Waals surface area contributed by atoms with E-state index in [1.165, 1.54) is 36.9 Å². The molecule has 0 unspecified atom stereocenters. The third kappa shape index (κ3) is 8.48. The molecule has 2 aromatic carbocycles. The maximum absolute atomic E-state index is 12.8. The van der Waals surface area contributed by atoms with E-state index in [2.05, 4.69) is 23.6 Å². The van der Waals surface area contributed by atoms with Gasteiger partial charge in [-0.25, -0.2) is 18.2 Å². The van der Waals surface area contributed by atoms with Gasteiger partial charge in [0.25, 0.3) is 10.0 Å². The van der Waals surface area contributed by atoms with Crippen molar-refractivity contribution in [2.45, 2.75) is 51.0 Å². The number of carbonyl (C=O) groups excluding carboxylic acids is 1. The molecule has 0 saturated carbocycles. The number of aromatic nitrogens is 1. The van der Waals surface area contributed by atoms with Gasteiger partial charge in [-0.05, 0) is 51.1 Å². The van der Waals surface area contributed by atoms with Crippen LogP contribution >= 0.6 is 23.2 Å². The van der Waals surface area contributed by atoms with Crippen molar-refractivity contribution in [2.75, 3.05) is 4.72 Å². The molecule has 0 bridgehead atoms. The van der Waals surface area contributed by atoms with E-state index in [4.69, 9.17) is 27.9 Å². The summed E-state index contributed by atoms with van der Waals surface area (Å²) in [6.45, 7) is 11.0. The zero-order chi connectivity index (χ0) is 24.8. The van der Waals surface area contributed by atoms with E-state index in [0.29, 0.717) is 15.8 Å². The fourth-order valence-corrected chi connectivity index (χ4v) is 4.08. The first-order valence-electron chi connectivity index (χ1n) is 10.3. The molecule has 1 heterocycles. The summed E-state index contributed by atoms with van der Waals surface area (Å²) >= 11 is 12.2. The first-order valence-corrected chi connectivity index (χ1v) is 12.5. The molecule has 3 aromatic rings. The van der Waals surface area contributed by atoms with Crippen LogP contribution in [0.15, 0.2) is 53.6 Å². The molecule has 34 heavy (non-hydrogen) atoms. The molecular weight excluding hydrogens is 490 g/mol. The van der Waals surface area contributed by atoms with Crippen LogP contribution in [0.3, 0.4) is 0 Å². The second-order valence-corrected chi connectivity index (χ2v) is 10.6. The second-order valence-electron chi connectivity index (χ2n) is 8.15. The van der Waals surface area contributed by atoms with Crippen LogP contribution in [-0.4, -0.2) is 25.0 Å². The number of hydrogen-bond donors (Lipinski definition) is 1. The van der Waals surface area contributed by atoms with Gasteiger partial charge in [-0.15, -0.1) is 0 Å². The topological polar surface area (TPSA) is 85.4 Å². The van der Waals surface area contributed by atoms with Gasteiger partial charge in [-0.2, -0.15) is 6.42 Å². The summed E-state index contributed by atoms with van der Waals surface area (Å²) in [5.41, 5.74) is -0.201. The fraction of sp³-hybridized carbons (Fsp3) is 0.292. The number of hydrogen-bond acceptors (Lipinski definition) is 5. The summed E-state index contributed by atoms with van der Waals surface area (Å²) in [5, 5.41) is 1.53. The number of carbonyl (C=O) groups is 1. The number of unbranched alkanes of at least 4 members (excludes halogenated alkanes) is 1. The molecule has 3 rings (SSSR count). The van der Waals surface area contributed by atoms with E-state index in [0.717, 1.165) is 6.42 Å². The van der Waals surface area contributed by atoms with Gasteiger partial charge in [0.05, 0.1) is 15.5 Å². The minimum atomic E-state index is -3.94. The summed E-state index contributed by atoms with van der Waals surface area (Å²) in [6.07, 6.45) is 3.68. The van der Waals surface area contributed by atoms with Crippen LogP contribution in [0.25, 0.3) is 10.8 Å². The molecule has 0 aliphatic rings. The Morgan fingerprint density at radius 1 is 1.12 bits per heavy atom. The van der Waals surface area contributed by atoms with Gasteiger partial charge >= 0.3 is 24.8 Å². The minimum absolute atomic E-state index is 0. The predicted molar refractivity (Wildman–Crippen MR) is 134 cm³/mol. The van der Waals surface area contributed by atoms with Gasteiger partial charge in [0.2, 0.25) is 0 Å². The first kappa shape index (κ1) is 30.3. The summed E-state index contributed by atoms with van der Waals surface area (Å²) in [7, 11) is -3.94. The number of pyridine rings is 1. The zero-order valence-electron chi connectivity index (χ0n) is 20.0. The Balaban J connectivity index is 0.00000107. The molecule has 0 saturated heterocycles. The van der Waals surface area contributed by atoms with Crippen LogP contribution in [0.1, 0.15) is 50.9 Å². The molecule has 0 spiro atoms. The van der Waals surface area contributed by atoms with Gasteiger partial charge < -0.3 is 11.7 Å². The second kappa shape index (κ2) is 12.8. The van der Waals surface area contributed by atoms with Crippen LogP contribution in [0.5, 0.6) is 0 Å². The number of ether oxygens (including phenoxy) is 1. The quantitative estimate of drug-likeness (QED) is 0.240. The molecular formula is C24H27Cl2LiN2O4S. The average molecular weight is 517 g/mol. The number of nitrogens with one attached hydrogen (secondary N) is 1. The van der Waals surface area contributed by atoms with Crippen molar-refractivity contribution in [1.29, 1.82) is 0 Å². The van der Waals surface area contributed by atoms with E-state index < -0.39 is 21.6 Å². The molecule has 10 heteroatoms. The molecule has 0 atom stereocenters. The normalized spacial score (nSPS) is 11.1. The van der Waals surface area contributed by atoms with Crippen molar-refractivity contribution >= 4 is 55.7 Å².